The summed E-state index contributed by atoms with van der Waals surface area (Å²) in [6.07, 6.45) is 1.99. The number of amides is 1. The van der Waals surface area contributed by atoms with Crippen LogP contribution in [-0.2, 0) is 4.79 Å². The molecule has 0 heterocycles. The monoisotopic (exact) mass is 247 g/mol. The molecule has 1 aromatic rings. The molecule has 1 aliphatic carbocycles. The minimum atomic E-state index is -0.472. The average molecular weight is 247 g/mol. The fourth-order valence-corrected chi connectivity index (χ4v) is 2.43. The second-order valence-electron chi connectivity index (χ2n) is 5.37. The summed E-state index contributed by atoms with van der Waals surface area (Å²) in [5.41, 5.74) is 2.07. The molecular weight excluding hydrogens is 226 g/mol. The highest BCUT2D eigenvalue weighted by Crippen LogP contribution is 2.27. The Labute approximate surface area is 108 Å². The van der Waals surface area contributed by atoms with E-state index >= 15 is 0 Å². The van der Waals surface area contributed by atoms with Crippen LogP contribution in [0.4, 0.5) is 5.69 Å². The zero-order valence-electron chi connectivity index (χ0n) is 11.0. The van der Waals surface area contributed by atoms with Crippen LogP contribution in [-0.4, -0.2) is 17.1 Å². The molecule has 18 heavy (non-hydrogen) atoms. The molecule has 0 bridgehead atoms. The molecule has 2 unspecified atom stereocenters. The highest BCUT2D eigenvalue weighted by Gasteiger charge is 2.31. The largest absolute Gasteiger partial charge is 0.392 e. The first-order valence-corrected chi connectivity index (χ1v) is 6.67. The molecule has 1 aliphatic rings. The minimum absolute atomic E-state index is 0.0581. The summed E-state index contributed by atoms with van der Waals surface area (Å²) < 4.78 is 0. The second kappa shape index (κ2) is 5.53. The van der Waals surface area contributed by atoms with E-state index in [1.807, 2.05) is 24.3 Å². The predicted octanol–water partition coefficient (Wildman–Crippen LogP) is 2.91. The third-order valence-corrected chi connectivity index (χ3v) is 3.66. The van der Waals surface area contributed by atoms with E-state index in [4.69, 9.17) is 0 Å². The molecule has 1 saturated carbocycles. The number of rotatable bonds is 3. The topological polar surface area (TPSA) is 49.3 Å². The first-order valence-electron chi connectivity index (χ1n) is 6.67. The van der Waals surface area contributed by atoms with Crippen molar-refractivity contribution in [3.05, 3.63) is 29.8 Å². The summed E-state index contributed by atoms with van der Waals surface area (Å²) in [5.74, 6) is 0.193. The number of nitrogens with one attached hydrogen (secondary N) is 1. The number of hydrogen-bond acceptors (Lipinski definition) is 2. The number of aliphatic hydroxyl groups is 1. The van der Waals surface area contributed by atoms with Gasteiger partial charge >= 0.3 is 0 Å². The Hall–Kier alpha value is -1.35. The van der Waals surface area contributed by atoms with E-state index in [0.29, 0.717) is 5.92 Å². The number of anilines is 1. The number of carbonyl (C=O) groups excluding carboxylic acids is 1. The van der Waals surface area contributed by atoms with E-state index in [-0.39, 0.29) is 11.8 Å². The van der Waals surface area contributed by atoms with Crippen LogP contribution in [0.2, 0.25) is 0 Å². The number of hydrogen-bond donors (Lipinski definition) is 2. The van der Waals surface area contributed by atoms with Crippen LogP contribution in [0.3, 0.4) is 0 Å². The van der Waals surface area contributed by atoms with E-state index < -0.39 is 6.10 Å². The van der Waals surface area contributed by atoms with Crippen LogP contribution in [0.15, 0.2) is 24.3 Å². The Kier molecular flexibility index (Phi) is 4.02. The Morgan fingerprint density at radius 1 is 1.28 bits per heavy atom. The molecule has 2 atom stereocenters. The van der Waals surface area contributed by atoms with Gasteiger partial charge in [0.1, 0.15) is 0 Å². The Bertz CT molecular complexity index is 411. The lowest BCUT2D eigenvalue weighted by molar-refractivity contribution is -0.122. The van der Waals surface area contributed by atoms with Crippen LogP contribution in [0, 0.1) is 5.92 Å². The smallest absolute Gasteiger partial charge is 0.230 e. The quantitative estimate of drug-likeness (QED) is 0.862. The summed E-state index contributed by atoms with van der Waals surface area (Å²) in [6.45, 7) is 4.28. The van der Waals surface area contributed by atoms with E-state index in [1.165, 1.54) is 5.56 Å². The van der Waals surface area contributed by atoms with Crippen LogP contribution < -0.4 is 5.32 Å². The number of benzene rings is 1. The fraction of sp³-hybridized carbons (Fsp3) is 0.533. The van der Waals surface area contributed by atoms with Crippen molar-refractivity contribution in [3.8, 4) is 0 Å². The summed E-state index contributed by atoms with van der Waals surface area (Å²) in [6, 6.07) is 7.92. The van der Waals surface area contributed by atoms with Gasteiger partial charge in [-0.15, -0.1) is 0 Å². The fourth-order valence-electron chi connectivity index (χ4n) is 2.43. The van der Waals surface area contributed by atoms with E-state index in [9.17, 15) is 9.90 Å². The standard InChI is InChI=1S/C15H21NO2/c1-10(2)11-6-8-12(9-7-11)16-15(18)13-4-3-5-14(13)17/h6-10,13-14,17H,3-5H2,1-2H3,(H,16,18). The number of carbonyl (C=O) groups is 1. The molecule has 1 aromatic carbocycles. The van der Waals surface area contributed by atoms with Gasteiger partial charge in [-0.1, -0.05) is 26.0 Å². The second-order valence-corrected chi connectivity index (χ2v) is 5.37. The molecule has 3 heteroatoms. The zero-order valence-corrected chi connectivity index (χ0v) is 11.0. The van der Waals surface area contributed by atoms with Crippen molar-refractivity contribution >= 4 is 11.6 Å². The summed E-state index contributed by atoms with van der Waals surface area (Å²) in [7, 11) is 0. The van der Waals surface area contributed by atoms with Gasteiger partial charge in [0.25, 0.3) is 0 Å². The van der Waals surface area contributed by atoms with Crippen molar-refractivity contribution in [2.24, 2.45) is 5.92 Å². The lowest BCUT2D eigenvalue weighted by Gasteiger charge is -2.15. The van der Waals surface area contributed by atoms with Gasteiger partial charge < -0.3 is 10.4 Å². The zero-order chi connectivity index (χ0) is 13.1. The average Bonchev–Trinajstić information content (AvgIpc) is 2.76. The molecule has 2 N–H and O–H groups in total. The SMILES string of the molecule is CC(C)c1ccc(NC(=O)C2CCCC2O)cc1. The van der Waals surface area contributed by atoms with E-state index in [1.54, 1.807) is 0 Å². The normalized spacial score (nSPS) is 23.3. The van der Waals surface area contributed by atoms with Crippen LogP contribution in [0.5, 0.6) is 0 Å². The maximum absolute atomic E-state index is 12.0. The Morgan fingerprint density at radius 2 is 1.94 bits per heavy atom. The Balaban J connectivity index is 1.98. The molecule has 0 aromatic heterocycles. The summed E-state index contributed by atoms with van der Waals surface area (Å²) in [5, 5.41) is 12.6. The molecular formula is C15H21NO2. The molecule has 98 valence electrons. The first-order chi connectivity index (χ1) is 8.58. The van der Waals surface area contributed by atoms with Gasteiger partial charge in [0.15, 0.2) is 0 Å². The van der Waals surface area contributed by atoms with Gasteiger partial charge in [-0.2, -0.15) is 0 Å². The lowest BCUT2D eigenvalue weighted by Crippen LogP contribution is -2.28. The highest BCUT2D eigenvalue weighted by atomic mass is 16.3. The highest BCUT2D eigenvalue weighted by molar-refractivity contribution is 5.93. The molecule has 1 fully saturated rings. The number of aliphatic hydroxyl groups excluding tert-OH is 1. The molecule has 0 aliphatic heterocycles. The summed E-state index contributed by atoms with van der Waals surface area (Å²) in [4.78, 5) is 12.0. The Morgan fingerprint density at radius 3 is 2.44 bits per heavy atom. The van der Waals surface area contributed by atoms with Crippen LogP contribution in [0.1, 0.15) is 44.6 Å². The summed E-state index contributed by atoms with van der Waals surface area (Å²) >= 11 is 0. The first kappa shape index (κ1) is 13.1. The van der Waals surface area contributed by atoms with Crippen molar-refractivity contribution in [1.82, 2.24) is 0 Å². The van der Waals surface area contributed by atoms with Gasteiger partial charge in [0.05, 0.1) is 12.0 Å². The van der Waals surface area contributed by atoms with Crippen molar-refractivity contribution in [2.45, 2.75) is 45.1 Å². The van der Waals surface area contributed by atoms with E-state index in [0.717, 1.165) is 24.9 Å². The van der Waals surface area contributed by atoms with Gasteiger partial charge in [-0.3, -0.25) is 4.79 Å². The minimum Gasteiger partial charge on any atom is -0.392 e. The molecule has 0 radical (unpaired) electrons. The maximum Gasteiger partial charge on any atom is 0.230 e. The maximum atomic E-state index is 12.0. The molecule has 0 spiro atoms. The van der Waals surface area contributed by atoms with Crippen molar-refractivity contribution < 1.29 is 9.90 Å². The third-order valence-electron chi connectivity index (χ3n) is 3.66. The van der Waals surface area contributed by atoms with Crippen molar-refractivity contribution in [3.63, 3.8) is 0 Å². The van der Waals surface area contributed by atoms with Crippen molar-refractivity contribution in [1.29, 1.82) is 0 Å². The van der Waals surface area contributed by atoms with Gasteiger partial charge in [-0.05, 0) is 42.9 Å². The lowest BCUT2D eigenvalue weighted by atomic mass is 10.0. The molecule has 3 nitrogen and oxygen atoms in total. The van der Waals surface area contributed by atoms with E-state index in [2.05, 4.69) is 19.2 Å². The van der Waals surface area contributed by atoms with Gasteiger partial charge in [-0.25, -0.2) is 0 Å². The van der Waals surface area contributed by atoms with Crippen molar-refractivity contribution in [2.75, 3.05) is 5.32 Å². The molecule has 0 saturated heterocycles. The van der Waals surface area contributed by atoms with Crippen LogP contribution in [0.25, 0.3) is 0 Å². The van der Waals surface area contributed by atoms with Gasteiger partial charge in [0, 0.05) is 5.69 Å². The molecule has 1 amide bonds. The third kappa shape index (κ3) is 2.91. The van der Waals surface area contributed by atoms with Crippen LogP contribution >= 0.6 is 0 Å². The van der Waals surface area contributed by atoms with Gasteiger partial charge in [0.2, 0.25) is 5.91 Å². The molecule has 2 rings (SSSR count). The predicted molar refractivity (Wildman–Crippen MR) is 72.5 cm³/mol.